The van der Waals surface area contributed by atoms with E-state index in [9.17, 15) is 0 Å². The molecular weight excluding hydrogens is 260 g/mol. The van der Waals surface area contributed by atoms with Crippen molar-refractivity contribution in [2.45, 2.75) is 13.3 Å². The molecule has 0 fully saturated rings. The van der Waals surface area contributed by atoms with Crippen LogP contribution in [0, 0.1) is 6.92 Å². The Balaban J connectivity index is 2.40. The molecule has 2 rings (SSSR count). The molecule has 0 unspecified atom stereocenters. The maximum absolute atomic E-state index is 3.48. The topological polar surface area (TPSA) is 0 Å². The largest absolute Gasteiger partial charge is 0.0924 e. The summed E-state index contributed by atoms with van der Waals surface area (Å²) < 4.78 is 0. The Morgan fingerprint density at radius 1 is 1.00 bits per heavy atom. The van der Waals surface area contributed by atoms with Gasteiger partial charge in [-0.1, -0.05) is 64.5 Å². The lowest BCUT2D eigenvalue weighted by Gasteiger charge is -2.07. The van der Waals surface area contributed by atoms with Crippen LogP contribution in [0.15, 0.2) is 48.5 Å². The molecule has 0 radical (unpaired) electrons. The second-order valence-corrected chi connectivity index (χ2v) is 4.75. The van der Waals surface area contributed by atoms with Crippen molar-refractivity contribution >= 4 is 15.9 Å². The van der Waals surface area contributed by atoms with Crippen molar-refractivity contribution in [3.05, 3.63) is 59.7 Å². The van der Waals surface area contributed by atoms with Crippen LogP contribution in [0.4, 0.5) is 0 Å². The van der Waals surface area contributed by atoms with Crippen LogP contribution in [-0.2, 0) is 6.42 Å². The van der Waals surface area contributed by atoms with E-state index in [1.54, 1.807) is 0 Å². The molecule has 0 aliphatic carbocycles. The van der Waals surface area contributed by atoms with Crippen LogP contribution in [0.25, 0.3) is 11.1 Å². The first-order valence-electron chi connectivity index (χ1n) is 5.52. The van der Waals surface area contributed by atoms with Gasteiger partial charge in [0.1, 0.15) is 0 Å². The van der Waals surface area contributed by atoms with Gasteiger partial charge in [0.25, 0.3) is 0 Å². The first kappa shape index (κ1) is 11.4. The normalized spacial score (nSPS) is 10.4. The highest BCUT2D eigenvalue weighted by atomic mass is 79.9. The monoisotopic (exact) mass is 274 g/mol. The number of hydrogen-bond acceptors (Lipinski definition) is 0. The predicted molar refractivity (Wildman–Crippen MR) is 74.1 cm³/mol. The van der Waals surface area contributed by atoms with E-state index < -0.39 is 0 Å². The van der Waals surface area contributed by atoms with Gasteiger partial charge < -0.3 is 0 Å². The Morgan fingerprint density at radius 2 is 1.81 bits per heavy atom. The second kappa shape index (κ2) is 5.31. The molecule has 82 valence electrons. The molecule has 2 aromatic carbocycles. The Hall–Kier alpha value is -1.08. The number of halogens is 1. The SMILES string of the molecule is Cc1ccccc1-c1cccc(CCBr)c1. The molecule has 0 aliphatic heterocycles. The van der Waals surface area contributed by atoms with E-state index in [1.165, 1.54) is 22.3 Å². The van der Waals surface area contributed by atoms with E-state index in [-0.39, 0.29) is 0 Å². The third kappa shape index (κ3) is 2.53. The summed E-state index contributed by atoms with van der Waals surface area (Å²) in [5.74, 6) is 0. The molecule has 0 N–H and O–H groups in total. The highest BCUT2D eigenvalue weighted by Gasteiger charge is 2.01. The van der Waals surface area contributed by atoms with Crippen molar-refractivity contribution in [3.63, 3.8) is 0 Å². The summed E-state index contributed by atoms with van der Waals surface area (Å²) in [7, 11) is 0. The molecular formula is C15H15Br. The van der Waals surface area contributed by atoms with E-state index in [0.29, 0.717) is 0 Å². The summed E-state index contributed by atoms with van der Waals surface area (Å²) in [6.07, 6.45) is 1.08. The van der Waals surface area contributed by atoms with Crippen LogP contribution in [-0.4, -0.2) is 5.33 Å². The molecule has 0 amide bonds. The molecule has 0 aromatic heterocycles. The lowest BCUT2D eigenvalue weighted by molar-refractivity contribution is 1.17. The van der Waals surface area contributed by atoms with Gasteiger partial charge in [-0.3, -0.25) is 0 Å². The van der Waals surface area contributed by atoms with Gasteiger partial charge in [-0.2, -0.15) is 0 Å². The molecule has 0 spiro atoms. The lowest BCUT2D eigenvalue weighted by atomic mass is 9.98. The van der Waals surface area contributed by atoms with Crippen LogP contribution in [0.5, 0.6) is 0 Å². The Kier molecular flexibility index (Phi) is 3.79. The first-order chi connectivity index (χ1) is 7.81. The summed E-state index contributed by atoms with van der Waals surface area (Å²) in [5.41, 5.74) is 5.37. The average Bonchev–Trinajstić information content (AvgIpc) is 2.30. The molecule has 1 heteroatoms. The minimum absolute atomic E-state index is 1.02. The van der Waals surface area contributed by atoms with E-state index in [4.69, 9.17) is 0 Å². The number of aryl methyl sites for hydroxylation is 2. The van der Waals surface area contributed by atoms with E-state index in [0.717, 1.165) is 11.8 Å². The van der Waals surface area contributed by atoms with Gasteiger partial charge in [0.2, 0.25) is 0 Å². The number of alkyl halides is 1. The summed E-state index contributed by atoms with van der Waals surface area (Å²) in [5, 5.41) is 1.02. The van der Waals surface area contributed by atoms with Gasteiger partial charge in [-0.15, -0.1) is 0 Å². The highest BCUT2D eigenvalue weighted by molar-refractivity contribution is 9.09. The quantitative estimate of drug-likeness (QED) is 0.718. The Morgan fingerprint density at radius 3 is 2.56 bits per heavy atom. The first-order valence-corrected chi connectivity index (χ1v) is 6.64. The smallest absolute Gasteiger partial charge is 0.00718 e. The summed E-state index contributed by atoms with van der Waals surface area (Å²) in [6.45, 7) is 2.16. The molecule has 0 nitrogen and oxygen atoms in total. The van der Waals surface area contributed by atoms with Crippen molar-refractivity contribution < 1.29 is 0 Å². The minimum Gasteiger partial charge on any atom is -0.0924 e. The Bertz CT molecular complexity index is 474. The fraction of sp³-hybridized carbons (Fsp3) is 0.200. The number of hydrogen-bond donors (Lipinski definition) is 0. The standard InChI is InChI=1S/C15H15Br/c1-12-5-2-3-8-15(12)14-7-4-6-13(11-14)9-10-16/h2-8,11H,9-10H2,1H3. The zero-order chi connectivity index (χ0) is 11.4. The molecule has 0 atom stereocenters. The molecule has 0 saturated carbocycles. The molecule has 0 heterocycles. The molecule has 0 saturated heterocycles. The van der Waals surface area contributed by atoms with Crippen LogP contribution in [0.3, 0.4) is 0 Å². The van der Waals surface area contributed by atoms with Crippen molar-refractivity contribution in [3.8, 4) is 11.1 Å². The highest BCUT2D eigenvalue weighted by Crippen LogP contribution is 2.24. The summed E-state index contributed by atoms with van der Waals surface area (Å²) in [6, 6.07) is 17.3. The fourth-order valence-electron chi connectivity index (χ4n) is 1.90. The fourth-order valence-corrected chi connectivity index (χ4v) is 2.36. The average molecular weight is 275 g/mol. The van der Waals surface area contributed by atoms with Crippen molar-refractivity contribution in [1.29, 1.82) is 0 Å². The lowest BCUT2D eigenvalue weighted by Crippen LogP contribution is -1.88. The minimum atomic E-state index is 1.02. The maximum atomic E-state index is 3.48. The van der Waals surface area contributed by atoms with Gasteiger partial charge in [0, 0.05) is 5.33 Å². The zero-order valence-corrected chi connectivity index (χ0v) is 11.0. The van der Waals surface area contributed by atoms with Crippen LogP contribution in [0.1, 0.15) is 11.1 Å². The number of rotatable bonds is 3. The summed E-state index contributed by atoms with van der Waals surface area (Å²) >= 11 is 3.48. The van der Waals surface area contributed by atoms with Crippen molar-refractivity contribution in [2.75, 3.05) is 5.33 Å². The summed E-state index contributed by atoms with van der Waals surface area (Å²) in [4.78, 5) is 0. The van der Waals surface area contributed by atoms with Gasteiger partial charge in [0.05, 0.1) is 0 Å². The van der Waals surface area contributed by atoms with Gasteiger partial charge in [0.15, 0.2) is 0 Å². The van der Waals surface area contributed by atoms with Crippen LogP contribution in [0.2, 0.25) is 0 Å². The van der Waals surface area contributed by atoms with E-state index in [2.05, 4.69) is 71.4 Å². The van der Waals surface area contributed by atoms with E-state index in [1.807, 2.05) is 0 Å². The number of benzene rings is 2. The van der Waals surface area contributed by atoms with Crippen LogP contribution >= 0.6 is 15.9 Å². The maximum Gasteiger partial charge on any atom is 0.00718 e. The zero-order valence-electron chi connectivity index (χ0n) is 9.41. The molecule has 0 bridgehead atoms. The van der Waals surface area contributed by atoms with Crippen LogP contribution < -0.4 is 0 Å². The van der Waals surface area contributed by atoms with Crippen molar-refractivity contribution in [1.82, 2.24) is 0 Å². The van der Waals surface area contributed by atoms with Gasteiger partial charge >= 0.3 is 0 Å². The molecule has 2 aromatic rings. The predicted octanol–water partition coefficient (Wildman–Crippen LogP) is 4.60. The molecule has 0 aliphatic rings. The second-order valence-electron chi connectivity index (χ2n) is 3.95. The third-order valence-electron chi connectivity index (χ3n) is 2.77. The van der Waals surface area contributed by atoms with Gasteiger partial charge in [-0.05, 0) is 35.6 Å². The van der Waals surface area contributed by atoms with Gasteiger partial charge in [-0.25, -0.2) is 0 Å². The van der Waals surface area contributed by atoms with E-state index >= 15 is 0 Å². The Labute approximate surface area is 105 Å². The van der Waals surface area contributed by atoms with Crippen molar-refractivity contribution in [2.24, 2.45) is 0 Å². The molecule has 16 heavy (non-hydrogen) atoms. The third-order valence-corrected chi connectivity index (χ3v) is 3.16.